The number of nitrogens with one attached hydrogen (secondary N) is 2. The van der Waals surface area contributed by atoms with E-state index in [1.807, 2.05) is 25.1 Å². The number of ether oxygens (including phenoxy) is 2. The van der Waals surface area contributed by atoms with Gasteiger partial charge in [-0.15, -0.1) is 0 Å². The first kappa shape index (κ1) is 22.0. The predicted molar refractivity (Wildman–Crippen MR) is 104 cm³/mol. The van der Waals surface area contributed by atoms with Crippen LogP contribution >= 0.6 is 0 Å². The zero-order chi connectivity index (χ0) is 19.6. The number of methoxy groups -OCH3 is 2. The lowest BCUT2D eigenvalue weighted by Gasteiger charge is -2.18. The molecule has 0 aromatic heterocycles. The molecule has 0 amide bonds. The minimum absolute atomic E-state index is 0.477. The minimum Gasteiger partial charge on any atom is -0.493 e. The molecule has 8 nitrogen and oxygen atoms in total. The quantitative estimate of drug-likeness (QED) is 0.355. The molecule has 0 bridgehead atoms. The Labute approximate surface area is 156 Å². The molecule has 0 aliphatic rings. The summed E-state index contributed by atoms with van der Waals surface area (Å²) < 4.78 is 35.1. The average molecular weight is 387 g/mol. The number of guanidine groups is 1. The summed E-state index contributed by atoms with van der Waals surface area (Å²) in [7, 11) is 1.76. The van der Waals surface area contributed by atoms with Crippen molar-refractivity contribution in [2.75, 3.05) is 47.2 Å². The summed E-state index contributed by atoms with van der Waals surface area (Å²) in [5.74, 6) is 2.02. The second-order valence-electron chi connectivity index (χ2n) is 5.65. The zero-order valence-electron chi connectivity index (χ0n) is 16.2. The van der Waals surface area contributed by atoms with Crippen LogP contribution in [0.15, 0.2) is 23.2 Å². The van der Waals surface area contributed by atoms with Crippen LogP contribution in [0.3, 0.4) is 0 Å². The van der Waals surface area contributed by atoms with Crippen molar-refractivity contribution >= 4 is 16.0 Å². The standard InChI is InChI=1S/C17H30N4O4S/c1-6-21(26(5,22)23)11-7-10-19-17(18-2)20-13-14-8-9-15(24-3)16(12-14)25-4/h8-9,12H,6-7,10-11,13H2,1-5H3,(H2,18,19,20). The third kappa shape index (κ3) is 7.09. The number of hydrogen-bond donors (Lipinski definition) is 2. The van der Waals surface area contributed by atoms with E-state index < -0.39 is 10.0 Å². The lowest BCUT2D eigenvalue weighted by molar-refractivity contribution is 0.354. The van der Waals surface area contributed by atoms with Crippen molar-refractivity contribution in [2.24, 2.45) is 4.99 Å². The number of sulfonamides is 1. The van der Waals surface area contributed by atoms with Crippen LogP contribution in [0.4, 0.5) is 0 Å². The molecule has 2 N–H and O–H groups in total. The predicted octanol–water partition coefficient (Wildman–Crippen LogP) is 1.04. The van der Waals surface area contributed by atoms with E-state index in [1.54, 1.807) is 21.3 Å². The Morgan fingerprint density at radius 1 is 1.19 bits per heavy atom. The van der Waals surface area contributed by atoms with E-state index in [9.17, 15) is 8.42 Å². The van der Waals surface area contributed by atoms with Gasteiger partial charge in [0.1, 0.15) is 0 Å². The number of benzene rings is 1. The first-order valence-electron chi connectivity index (χ1n) is 8.46. The topological polar surface area (TPSA) is 92.3 Å². The fourth-order valence-electron chi connectivity index (χ4n) is 2.42. The van der Waals surface area contributed by atoms with Gasteiger partial charge in [0.05, 0.1) is 20.5 Å². The molecule has 0 saturated heterocycles. The molecule has 148 valence electrons. The van der Waals surface area contributed by atoms with E-state index in [4.69, 9.17) is 9.47 Å². The van der Waals surface area contributed by atoms with Gasteiger partial charge in [0, 0.05) is 33.2 Å². The van der Waals surface area contributed by atoms with Gasteiger partial charge in [-0.25, -0.2) is 12.7 Å². The highest BCUT2D eigenvalue weighted by Gasteiger charge is 2.13. The summed E-state index contributed by atoms with van der Waals surface area (Å²) in [4.78, 5) is 4.17. The SMILES string of the molecule is CCN(CCCNC(=NC)NCc1ccc(OC)c(OC)c1)S(C)(=O)=O. The second kappa shape index (κ2) is 10.9. The second-order valence-corrected chi connectivity index (χ2v) is 7.63. The third-order valence-corrected chi connectivity index (χ3v) is 5.21. The highest BCUT2D eigenvalue weighted by Crippen LogP contribution is 2.27. The molecule has 1 aromatic rings. The third-order valence-electron chi connectivity index (χ3n) is 3.83. The molecule has 0 aliphatic carbocycles. The van der Waals surface area contributed by atoms with Crippen molar-refractivity contribution in [1.82, 2.24) is 14.9 Å². The van der Waals surface area contributed by atoms with Gasteiger partial charge in [0.25, 0.3) is 0 Å². The Morgan fingerprint density at radius 2 is 1.88 bits per heavy atom. The van der Waals surface area contributed by atoms with Gasteiger partial charge in [-0.1, -0.05) is 13.0 Å². The van der Waals surface area contributed by atoms with Crippen LogP contribution < -0.4 is 20.1 Å². The van der Waals surface area contributed by atoms with Crippen LogP contribution in [0, 0.1) is 0 Å². The van der Waals surface area contributed by atoms with E-state index in [-0.39, 0.29) is 0 Å². The molecule has 0 aliphatic heterocycles. The largest absolute Gasteiger partial charge is 0.493 e. The van der Waals surface area contributed by atoms with E-state index in [0.29, 0.717) is 50.1 Å². The molecule has 1 rings (SSSR count). The Kier molecular flexibility index (Phi) is 9.22. The maximum Gasteiger partial charge on any atom is 0.211 e. The van der Waals surface area contributed by atoms with E-state index in [2.05, 4.69) is 15.6 Å². The van der Waals surface area contributed by atoms with Gasteiger partial charge in [0.2, 0.25) is 10.0 Å². The van der Waals surface area contributed by atoms with Crippen LogP contribution in [0.5, 0.6) is 11.5 Å². The highest BCUT2D eigenvalue weighted by molar-refractivity contribution is 7.88. The van der Waals surface area contributed by atoms with E-state index in [0.717, 1.165) is 5.56 Å². The summed E-state index contributed by atoms with van der Waals surface area (Å²) >= 11 is 0. The maximum atomic E-state index is 11.6. The van der Waals surface area contributed by atoms with Gasteiger partial charge >= 0.3 is 0 Å². The van der Waals surface area contributed by atoms with Crippen molar-refractivity contribution in [2.45, 2.75) is 19.9 Å². The molecule has 26 heavy (non-hydrogen) atoms. The van der Waals surface area contributed by atoms with E-state index >= 15 is 0 Å². The van der Waals surface area contributed by atoms with E-state index in [1.165, 1.54) is 10.6 Å². The molecule has 0 radical (unpaired) electrons. The fourth-order valence-corrected chi connectivity index (χ4v) is 3.35. The number of rotatable bonds is 10. The Hall–Kier alpha value is -2.00. The van der Waals surface area contributed by atoms with Gasteiger partial charge in [-0.2, -0.15) is 0 Å². The monoisotopic (exact) mass is 386 g/mol. The molecule has 0 spiro atoms. The van der Waals surface area contributed by atoms with Gasteiger partial charge in [-0.3, -0.25) is 4.99 Å². The van der Waals surface area contributed by atoms with Crippen molar-refractivity contribution < 1.29 is 17.9 Å². The molecule has 1 aromatic carbocycles. The summed E-state index contributed by atoms with van der Waals surface area (Å²) in [6.07, 6.45) is 1.92. The number of hydrogen-bond acceptors (Lipinski definition) is 5. The van der Waals surface area contributed by atoms with Gasteiger partial charge in [0.15, 0.2) is 17.5 Å². The lowest BCUT2D eigenvalue weighted by atomic mass is 10.2. The van der Waals surface area contributed by atoms with Crippen molar-refractivity contribution in [1.29, 1.82) is 0 Å². The molecular formula is C17H30N4O4S. The molecule has 0 atom stereocenters. The first-order valence-corrected chi connectivity index (χ1v) is 10.3. The molecule has 9 heteroatoms. The summed E-state index contributed by atoms with van der Waals surface area (Å²) in [6, 6.07) is 5.72. The molecule has 0 saturated carbocycles. The molecule has 0 fully saturated rings. The molecule has 0 heterocycles. The summed E-state index contributed by atoms with van der Waals surface area (Å²) in [6.45, 7) is 3.99. The Balaban J connectivity index is 2.46. The number of nitrogens with zero attached hydrogens (tertiary/aromatic N) is 2. The smallest absolute Gasteiger partial charge is 0.211 e. The van der Waals surface area contributed by atoms with Gasteiger partial charge < -0.3 is 20.1 Å². The molecule has 0 unspecified atom stereocenters. The van der Waals surface area contributed by atoms with Crippen LogP contribution in [-0.4, -0.2) is 65.8 Å². The first-order chi connectivity index (χ1) is 12.3. The normalized spacial score (nSPS) is 12.2. The van der Waals surface area contributed by atoms with Crippen LogP contribution in [-0.2, 0) is 16.6 Å². The lowest BCUT2D eigenvalue weighted by Crippen LogP contribution is -2.39. The Bertz CT molecular complexity index is 692. The van der Waals surface area contributed by atoms with Crippen molar-refractivity contribution in [3.8, 4) is 11.5 Å². The Morgan fingerprint density at radius 3 is 2.42 bits per heavy atom. The van der Waals surface area contributed by atoms with Crippen molar-refractivity contribution in [3.05, 3.63) is 23.8 Å². The summed E-state index contributed by atoms with van der Waals surface area (Å²) in [5.41, 5.74) is 1.03. The minimum atomic E-state index is -3.14. The van der Waals surface area contributed by atoms with Crippen LogP contribution in [0.2, 0.25) is 0 Å². The highest BCUT2D eigenvalue weighted by atomic mass is 32.2. The molecular weight excluding hydrogens is 356 g/mol. The van der Waals surface area contributed by atoms with Crippen molar-refractivity contribution in [3.63, 3.8) is 0 Å². The summed E-state index contributed by atoms with van der Waals surface area (Å²) in [5, 5.41) is 6.40. The van der Waals surface area contributed by atoms with Crippen LogP contribution in [0.25, 0.3) is 0 Å². The number of aliphatic imine (C=N–C) groups is 1. The van der Waals surface area contributed by atoms with Gasteiger partial charge in [-0.05, 0) is 24.1 Å². The maximum absolute atomic E-state index is 11.6. The van der Waals surface area contributed by atoms with Crippen LogP contribution in [0.1, 0.15) is 18.9 Å². The zero-order valence-corrected chi connectivity index (χ0v) is 17.0. The fraction of sp³-hybridized carbons (Fsp3) is 0.588. The average Bonchev–Trinajstić information content (AvgIpc) is 2.62.